The Labute approximate surface area is 295 Å². The van der Waals surface area contributed by atoms with E-state index in [4.69, 9.17) is 14.4 Å². The Balaban J connectivity index is 1.23. The van der Waals surface area contributed by atoms with E-state index in [1.165, 1.54) is 22.3 Å². The number of benzene rings is 5. The van der Waals surface area contributed by atoms with E-state index in [0.717, 1.165) is 39.0 Å². The third-order valence-electron chi connectivity index (χ3n) is 9.70. The van der Waals surface area contributed by atoms with Gasteiger partial charge in [0.25, 0.3) is 0 Å². The molecule has 7 rings (SSSR count). The highest BCUT2D eigenvalue weighted by atomic mass is 16.3. The second-order valence-electron chi connectivity index (χ2n) is 15.4. The number of rotatable bonds is 6. The van der Waals surface area contributed by atoms with E-state index in [0.29, 0.717) is 17.0 Å². The normalized spacial score (nSPS) is 12.7. The molecular formula is C46H44N2O2. The summed E-state index contributed by atoms with van der Waals surface area (Å²) < 4.78 is 6.38. The van der Waals surface area contributed by atoms with Gasteiger partial charge in [-0.05, 0) is 74.5 Å². The SMILES string of the molecule is CC(c1ccc(-c2ccccc2)cc1)c1ccnc(-c2cccc(-c3cccc4oc(-c5cc(C(C)(C)C)cc(C(C)(C)C)c5O)nc34)c2)c1. The number of aromatic nitrogens is 2. The Morgan fingerprint density at radius 3 is 2.00 bits per heavy atom. The van der Waals surface area contributed by atoms with Gasteiger partial charge in [0.1, 0.15) is 11.3 Å². The molecule has 0 aliphatic heterocycles. The maximum atomic E-state index is 11.5. The molecule has 50 heavy (non-hydrogen) atoms. The molecule has 0 bridgehead atoms. The number of fused-ring (bicyclic) bond motifs is 1. The van der Waals surface area contributed by atoms with Crippen LogP contribution in [0, 0.1) is 0 Å². The van der Waals surface area contributed by atoms with Gasteiger partial charge in [0, 0.05) is 28.8 Å². The van der Waals surface area contributed by atoms with E-state index in [-0.39, 0.29) is 22.5 Å². The van der Waals surface area contributed by atoms with Crippen LogP contribution >= 0.6 is 0 Å². The van der Waals surface area contributed by atoms with Crippen molar-refractivity contribution in [2.75, 3.05) is 0 Å². The van der Waals surface area contributed by atoms with E-state index in [9.17, 15) is 5.11 Å². The fourth-order valence-electron chi connectivity index (χ4n) is 6.61. The predicted octanol–water partition coefficient (Wildman–Crippen LogP) is 12.3. The second kappa shape index (κ2) is 12.8. The molecule has 0 fully saturated rings. The highest BCUT2D eigenvalue weighted by Gasteiger charge is 2.27. The maximum absolute atomic E-state index is 11.5. The van der Waals surface area contributed by atoms with E-state index in [1.54, 1.807) is 0 Å². The molecule has 1 unspecified atom stereocenters. The number of phenolic OH excluding ortho intramolecular Hbond substituents is 1. The van der Waals surface area contributed by atoms with Crippen LogP contribution in [0.2, 0.25) is 0 Å². The molecule has 0 aliphatic rings. The lowest BCUT2D eigenvalue weighted by Crippen LogP contribution is -2.17. The molecule has 0 radical (unpaired) electrons. The molecule has 1 N–H and O–H groups in total. The summed E-state index contributed by atoms with van der Waals surface area (Å²) in [7, 11) is 0. The Kier molecular flexibility index (Phi) is 8.43. The number of hydrogen-bond donors (Lipinski definition) is 1. The van der Waals surface area contributed by atoms with Gasteiger partial charge in [-0.2, -0.15) is 0 Å². The molecule has 4 heteroatoms. The summed E-state index contributed by atoms with van der Waals surface area (Å²) in [6.45, 7) is 15.1. The van der Waals surface area contributed by atoms with Crippen LogP contribution in [0.15, 0.2) is 132 Å². The number of phenols is 1. The summed E-state index contributed by atoms with van der Waals surface area (Å²) in [6, 6.07) is 42.2. The minimum absolute atomic E-state index is 0.115. The zero-order valence-corrected chi connectivity index (χ0v) is 30.0. The van der Waals surface area contributed by atoms with Crippen LogP contribution in [0.1, 0.15) is 76.6 Å². The van der Waals surface area contributed by atoms with E-state index in [1.807, 2.05) is 30.5 Å². The average Bonchev–Trinajstić information content (AvgIpc) is 3.55. The minimum atomic E-state index is -0.256. The van der Waals surface area contributed by atoms with Crippen LogP contribution in [0.25, 0.3) is 56.1 Å². The van der Waals surface area contributed by atoms with Gasteiger partial charge >= 0.3 is 0 Å². The topological polar surface area (TPSA) is 59.2 Å². The van der Waals surface area contributed by atoms with Gasteiger partial charge in [0.15, 0.2) is 5.58 Å². The lowest BCUT2D eigenvalue weighted by Gasteiger charge is -2.27. The number of hydrogen-bond acceptors (Lipinski definition) is 4. The summed E-state index contributed by atoms with van der Waals surface area (Å²) >= 11 is 0. The fraction of sp³-hybridized carbons (Fsp3) is 0.217. The minimum Gasteiger partial charge on any atom is -0.507 e. The third kappa shape index (κ3) is 6.46. The molecule has 0 spiro atoms. The lowest BCUT2D eigenvalue weighted by molar-refractivity contribution is 0.444. The molecular weight excluding hydrogens is 613 g/mol. The maximum Gasteiger partial charge on any atom is 0.231 e. The summed E-state index contributed by atoms with van der Waals surface area (Å²) in [4.78, 5) is 9.81. The molecule has 0 aliphatic carbocycles. The van der Waals surface area contributed by atoms with Crippen molar-refractivity contribution in [2.24, 2.45) is 0 Å². The molecule has 5 aromatic carbocycles. The first-order chi connectivity index (χ1) is 23.9. The van der Waals surface area contributed by atoms with Crippen molar-refractivity contribution < 1.29 is 9.52 Å². The quantitative estimate of drug-likeness (QED) is 0.193. The molecule has 0 saturated heterocycles. The van der Waals surface area contributed by atoms with Crippen molar-refractivity contribution in [3.05, 3.63) is 150 Å². The van der Waals surface area contributed by atoms with Crippen molar-refractivity contribution in [1.29, 1.82) is 0 Å². The first kappa shape index (κ1) is 33.0. The fourth-order valence-corrected chi connectivity index (χ4v) is 6.61. The number of para-hydroxylation sites is 1. The van der Waals surface area contributed by atoms with Crippen molar-refractivity contribution in [3.8, 4) is 50.7 Å². The predicted molar refractivity (Wildman–Crippen MR) is 207 cm³/mol. The van der Waals surface area contributed by atoms with Gasteiger partial charge in [0.2, 0.25) is 5.89 Å². The Morgan fingerprint density at radius 2 is 1.28 bits per heavy atom. The Morgan fingerprint density at radius 1 is 0.600 bits per heavy atom. The van der Waals surface area contributed by atoms with Gasteiger partial charge in [-0.25, -0.2) is 4.98 Å². The first-order valence-corrected chi connectivity index (χ1v) is 17.4. The zero-order valence-electron chi connectivity index (χ0n) is 30.0. The van der Waals surface area contributed by atoms with Crippen molar-refractivity contribution >= 4 is 11.1 Å². The van der Waals surface area contributed by atoms with Crippen LogP contribution in [0.4, 0.5) is 0 Å². The largest absolute Gasteiger partial charge is 0.507 e. The monoisotopic (exact) mass is 656 g/mol. The smallest absolute Gasteiger partial charge is 0.231 e. The van der Waals surface area contributed by atoms with Crippen LogP contribution < -0.4 is 0 Å². The summed E-state index contributed by atoms with van der Waals surface area (Å²) in [5.41, 5.74) is 12.5. The second-order valence-corrected chi connectivity index (χ2v) is 15.4. The van der Waals surface area contributed by atoms with Gasteiger partial charge in [0.05, 0.1) is 11.3 Å². The molecule has 250 valence electrons. The van der Waals surface area contributed by atoms with Crippen molar-refractivity contribution in [2.45, 2.75) is 65.2 Å². The van der Waals surface area contributed by atoms with Crippen molar-refractivity contribution in [1.82, 2.24) is 9.97 Å². The molecule has 0 saturated carbocycles. The molecule has 2 heterocycles. The number of aromatic hydroxyl groups is 1. The Hall–Kier alpha value is -5.48. The van der Waals surface area contributed by atoms with Gasteiger partial charge < -0.3 is 9.52 Å². The Bertz CT molecular complexity index is 2300. The van der Waals surface area contributed by atoms with Crippen LogP contribution in [0.3, 0.4) is 0 Å². The number of pyridine rings is 1. The van der Waals surface area contributed by atoms with E-state index in [2.05, 4.69) is 146 Å². The molecule has 0 amide bonds. The molecule has 1 atom stereocenters. The van der Waals surface area contributed by atoms with E-state index >= 15 is 0 Å². The van der Waals surface area contributed by atoms with Crippen LogP contribution in [-0.2, 0) is 10.8 Å². The third-order valence-corrected chi connectivity index (χ3v) is 9.70. The number of oxazole rings is 1. The van der Waals surface area contributed by atoms with E-state index < -0.39 is 0 Å². The standard InChI is InChI=1S/C46H44N2O2/c1-29(30-19-21-32(22-20-30)31-13-9-8-10-14-31)33-23-24-47-40(26-33)35-16-11-15-34(25-35)37-17-12-18-41-42(37)48-44(50-41)38-27-36(45(2,3)4)28-39(43(38)49)46(5,6)7/h8-29,49H,1-7H3. The molecule has 2 aromatic heterocycles. The summed E-state index contributed by atoms with van der Waals surface area (Å²) in [5, 5.41) is 11.5. The van der Waals surface area contributed by atoms with Crippen LogP contribution in [0.5, 0.6) is 5.75 Å². The summed E-state index contributed by atoms with van der Waals surface area (Å²) in [5.74, 6) is 0.838. The number of nitrogens with zero attached hydrogens (tertiary/aromatic N) is 2. The van der Waals surface area contributed by atoms with Crippen LogP contribution in [-0.4, -0.2) is 15.1 Å². The van der Waals surface area contributed by atoms with Crippen molar-refractivity contribution in [3.63, 3.8) is 0 Å². The highest BCUT2D eigenvalue weighted by Crippen LogP contribution is 2.43. The highest BCUT2D eigenvalue weighted by molar-refractivity contribution is 5.93. The van der Waals surface area contributed by atoms with Gasteiger partial charge in [-0.15, -0.1) is 0 Å². The molecule has 7 aromatic rings. The average molecular weight is 657 g/mol. The lowest BCUT2D eigenvalue weighted by atomic mass is 9.79. The molecule has 4 nitrogen and oxygen atoms in total. The first-order valence-electron chi connectivity index (χ1n) is 17.4. The van der Waals surface area contributed by atoms with Gasteiger partial charge in [-0.1, -0.05) is 139 Å². The van der Waals surface area contributed by atoms with Gasteiger partial charge in [-0.3, -0.25) is 4.98 Å². The summed E-state index contributed by atoms with van der Waals surface area (Å²) in [6.07, 6.45) is 1.90. The zero-order chi connectivity index (χ0) is 35.2.